The summed E-state index contributed by atoms with van der Waals surface area (Å²) in [5.74, 6) is 0.838. The van der Waals surface area contributed by atoms with E-state index in [1.54, 1.807) is 23.7 Å². The zero-order chi connectivity index (χ0) is 14.0. The summed E-state index contributed by atoms with van der Waals surface area (Å²) >= 11 is 0. The van der Waals surface area contributed by atoms with E-state index in [9.17, 15) is 4.39 Å². The average molecular weight is 263 g/mol. The van der Waals surface area contributed by atoms with Crippen LogP contribution in [0.2, 0.25) is 0 Å². The van der Waals surface area contributed by atoms with Crippen molar-refractivity contribution in [3.8, 4) is 11.6 Å². The van der Waals surface area contributed by atoms with E-state index in [2.05, 4.69) is 10.4 Å². The summed E-state index contributed by atoms with van der Waals surface area (Å²) in [5.41, 5.74) is 2.48. The standard InChI is InChI=1S/C14H18FN3O/c1-9-5-6-11(7-13(9)15)19-14-12(8-16-3)10(2)17-18(14)4/h5-7,16H,8H2,1-4H3. The summed E-state index contributed by atoms with van der Waals surface area (Å²) in [6.07, 6.45) is 0. The van der Waals surface area contributed by atoms with Crippen LogP contribution in [0.4, 0.5) is 4.39 Å². The van der Waals surface area contributed by atoms with Gasteiger partial charge in [0.05, 0.1) is 11.3 Å². The molecule has 0 radical (unpaired) electrons. The van der Waals surface area contributed by atoms with Crippen LogP contribution in [-0.2, 0) is 13.6 Å². The van der Waals surface area contributed by atoms with Crippen molar-refractivity contribution in [1.29, 1.82) is 0 Å². The van der Waals surface area contributed by atoms with Gasteiger partial charge in [0, 0.05) is 19.7 Å². The van der Waals surface area contributed by atoms with Crippen LogP contribution in [-0.4, -0.2) is 16.8 Å². The number of rotatable bonds is 4. The fourth-order valence-electron chi connectivity index (χ4n) is 1.94. The van der Waals surface area contributed by atoms with Gasteiger partial charge in [0.1, 0.15) is 11.6 Å². The lowest BCUT2D eigenvalue weighted by molar-refractivity contribution is 0.421. The lowest BCUT2D eigenvalue weighted by Gasteiger charge is -2.09. The van der Waals surface area contributed by atoms with E-state index in [1.807, 2.05) is 21.0 Å². The molecule has 0 bridgehead atoms. The van der Waals surface area contributed by atoms with Crippen molar-refractivity contribution in [2.75, 3.05) is 7.05 Å². The van der Waals surface area contributed by atoms with E-state index in [-0.39, 0.29) is 5.82 Å². The highest BCUT2D eigenvalue weighted by atomic mass is 19.1. The van der Waals surface area contributed by atoms with E-state index in [4.69, 9.17) is 4.74 Å². The highest BCUT2D eigenvalue weighted by Gasteiger charge is 2.15. The van der Waals surface area contributed by atoms with Crippen LogP contribution in [0.1, 0.15) is 16.8 Å². The van der Waals surface area contributed by atoms with Crippen molar-refractivity contribution < 1.29 is 9.13 Å². The molecular formula is C14H18FN3O. The Labute approximate surface area is 112 Å². The molecule has 2 aromatic rings. The molecule has 1 heterocycles. The van der Waals surface area contributed by atoms with Crippen molar-refractivity contribution in [2.45, 2.75) is 20.4 Å². The number of nitrogens with one attached hydrogen (secondary N) is 1. The van der Waals surface area contributed by atoms with E-state index >= 15 is 0 Å². The normalized spacial score (nSPS) is 10.8. The van der Waals surface area contributed by atoms with E-state index in [0.717, 1.165) is 11.3 Å². The molecule has 0 amide bonds. The lowest BCUT2D eigenvalue weighted by atomic mass is 10.2. The highest BCUT2D eigenvalue weighted by molar-refractivity contribution is 5.36. The number of aryl methyl sites for hydroxylation is 3. The van der Waals surface area contributed by atoms with Crippen LogP contribution < -0.4 is 10.1 Å². The number of hydrogen-bond acceptors (Lipinski definition) is 3. The Hall–Kier alpha value is -1.88. The van der Waals surface area contributed by atoms with E-state index < -0.39 is 0 Å². The molecule has 0 spiro atoms. The maximum atomic E-state index is 13.5. The molecule has 0 aliphatic rings. The van der Waals surface area contributed by atoms with Gasteiger partial charge in [-0.05, 0) is 32.5 Å². The maximum absolute atomic E-state index is 13.5. The summed E-state index contributed by atoms with van der Waals surface area (Å²) < 4.78 is 21.0. The summed E-state index contributed by atoms with van der Waals surface area (Å²) in [6, 6.07) is 4.84. The van der Waals surface area contributed by atoms with Crippen molar-refractivity contribution in [1.82, 2.24) is 15.1 Å². The molecule has 19 heavy (non-hydrogen) atoms. The highest BCUT2D eigenvalue weighted by Crippen LogP contribution is 2.28. The Morgan fingerprint density at radius 2 is 2.11 bits per heavy atom. The largest absolute Gasteiger partial charge is 0.439 e. The first-order valence-corrected chi connectivity index (χ1v) is 6.14. The van der Waals surface area contributed by atoms with Gasteiger partial charge in [0.25, 0.3) is 0 Å². The fourth-order valence-corrected chi connectivity index (χ4v) is 1.94. The van der Waals surface area contributed by atoms with Gasteiger partial charge in [0.2, 0.25) is 5.88 Å². The molecule has 5 heteroatoms. The first-order valence-electron chi connectivity index (χ1n) is 6.14. The van der Waals surface area contributed by atoms with Crippen molar-refractivity contribution in [3.63, 3.8) is 0 Å². The minimum Gasteiger partial charge on any atom is -0.439 e. The molecule has 0 aliphatic carbocycles. The summed E-state index contributed by atoms with van der Waals surface area (Å²) in [6.45, 7) is 4.30. The SMILES string of the molecule is CNCc1c(C)nn(C)c1Oc1ccc(C)c(F)c1. The number of nitrogens with zero attached hydrogens (tertiary/aromatic N) is 2. The van der Waals surface area contributed by atoms with Crippen molar-refractivity contribution in [3.05, 3.63) is 40.8 Å². The molecule has 0 aliphatic heterocycles. The third kappa shape index (κ3) is 2.76. The molecule has 0 unspecified atom stereocenters. The van der Waals surface area contributed by atoms with Gasteiger partial charge in [0.15, 0.2) is 0 Å². The molecule has 0 atom stereocenters. The second-order valence-corrected chi connectivity index (χ2v) is 4.54. The lowest BCUT2D eigenvalue weighted by Crippen LogP contribution is -2.07. The number of hydrogen-bond donors (Lipinski definition) is 1. The molecule has 0 saturated heterocycles. The van der Waals surface area contributed by atoms with Crippen LogP contribution in [0.3, 0.4) is 0 Å². The molecule has 2 rings (SSSR count). The summed E-state index contributed by atoms with van der Waals surface area (Å²) in [4.78, 5) is 0. The predicted molar refractivity (Wildman–Crippen MR) is 71.9 cm³/mol. The third-order valence-electron chi connectivity index (χ3n) is 3.00. The summed E-state index contributed by atoms with van der Waals surface area (Å²) in [7, 11) is 3.67. The molecule has 0 fully saturated rings. The van der Waals surface area contributed by atoms with Gasteiger partial charge in [-0.3, -0.25) is 0 Å². The van der Waals surface area contributed by atoms with Gasteiger partial charge >= 0.3 is 0 Å². The second kappa shape index (κ2) is 5.40. The molecular weight excluding hydrogens is 245 g/mol. The first-order chi connectivity index (χ1) is 9.02. The van der Waals surface area contributed by atoms with Gasteiger partial charge in [-0.1, -0.05) is 6.07 Å². The molecule has 0 saturated carbocycles. The van der Waals surface area contributed by atoms with Gasteiger partial charge in [-0.2, -0.15) is 5.10 Å². The van der Waals surface area contributed by atoms with Crippen molar-refractivity contribution in [2.24, 2.45) is 7.05 Å². The number of aromatic nitrogens is 2. The Bertz CT molecular complexity index is 593. The Morgan fingerprint density at radius 3 is 2.74 bits per heavy atom. The van der Waals surface area contributed by atoms with Crippen LogP contribution in [0.15, 0.2) is 18.2 Å². The number of benzene rings is 1. The average Bonchev–Trinajstić information content (AvgIpc) is 2.61. The van der Waals surface area contributed by atoms with Gasteiger partial charge in [-0.25, -0.2) is 9.07 Å². The Kier molecular flexibility index (Phi) is 3.85. The second-order valence-electron chi connectivity index (χ2n) is 4.54. The van der Waals surface area contributed by atoms with E-state index in [0.29, 0.717) is 23.7 Å². The number of ether oxygens (including phenoxy) is 1. The maximum Gasteiger partial charge on any atom is 0.222 e. The molecule has 1 aromatic heterocycles. The monoisotopic (exact) mass is 263 g/mol. The minimum absolute atomic E-state index is 0.272. The van der Waals surface area contributed by atoms with Crippen molar-refractivity contribution >= 4 is 0 Å². The van der Waals surface area contributed by atoms with Crippen LogP contribution in [0.5, 0.6) is 11.6 Å². The van der Waals surface area contributed by atoms with Crippen LogP contribution >= 0.6 is 0 Å². The smallest absolute Gasteiger partial charge is 0.222 e. The first kappa shape index (κ1) is 13.5. The molecule has 102 valence electrons. The molecule has 1 aromatic carbocycles. The topological polar surface area (TPSA) is 39.1 Å². The number of halogens is 1. The summed E-state index contributed by atoms with van der Waals surface area (Å²) in [5, 5.41) is 7.40. The molecule has 4 nitrogen and oxygen atoms in total. The Balaban J connectivity index is 2.34. The van der Waals surface area contributed by atoms with E-state index in [1.165, 1.54) is 6.07 Å². The van der Waals surface area contributed by atoms with Gasteiger partial charge < -0.3 is 10.1 Å². The quantitative estimate of drug-likeness (QED) is 0.921. The fraction of sp³-hybridized carbons (Fsp3) is 0.357. The molecule has 1 N–H and O–H groups in total. The van der Waals surface area contributed by atoms with Crippen LogP contribution in [0.25, 0.3) is 0 Å². The Morgan fingerprint density at radius 1 is 1.37 bits per heavy atom. The van der Waals surface area contributed by atoms with Crippen LogP contribution in [0, 0.1) is 19.7 Å². The third-order valence-corrected chi connectivity index (χ3v) is 3.00. The predicted octanol–water partition coefficient (Wildman–Crippen LogP) is 2.69. The minimum atomic E-state index is -0.272. The van der Waals surface area contributed by atoms with Gasteiger partial charge in [-0.15, -0.1) is 0 Å². The zero-order valence-electron chi connectivity index (χ0n) is 11.6. The zero-order valence-corrected chi connectivity index (χ0v) is 11.6.